The third-order valence-corrected chi connectivity index (χ3v) is 9.55. The third-order valence-electron chi connectivity index (χ3n) is 9.55. The number of hydrogen-bond acceptors (Lipinski definition) is 7. The van der Waals surface area contributed by atoms with E-state index in [-0.39, 0.29) is 51.1 Å². The number of fused-ring (bicyclic) bond motifs is 6. The van der Waals surface area contributed by atoms with Gasteiger partial charge in [-0.15, -0.1) is 0 Å². The molecule has 0 unspecified atom stereocenters. The molecule has 0 atom stereocenters. The zero-order chi connectivity index (χ0) is 35.6. The molecule has 0 spiro atoms. The smallest absolute Gasteiger partial charge is 0.201 e. The molecule has 6 aromatic carbocycles. The first-order valence-electron chi connectivity index (χ1n) is 16.2. The molecule has 246 valence electrons. The molecule has 0 aromatic heterocycles. The van der Waals surface area contributed by atoms with E-state index >= 15 is 0 Å². The van der Waals surface area contributed by atoms with Gasteiger partial charge in [-0.05, 0) is 64.1 Å². The van der Waals surface area contributed by atoms with Crippen molar-refractivity contribution in [2.75, 3.05) is 7.11 Å². The number of phenols is 2. The van der Waals surface area contributed by atoms with Crippen molar-refractivity contribution in [2.24, 2.45) is 0 Å². The number of phenolic OH excluding ortho intramolecular Hbond substituents is 2. The van der Waals surface area contributed by atoms with Crippen molar-refractivity contribution in [3.63, 3.8) is 0 Å². The van der Waals surface area contributed by atoms with E-state index in [9.17, 15) is 29.4 Å². The number of ketones is 4. The zero-order valence-electron chi connectivity index (χ0n) is 27.5. The largest absolute Gasteiger partial charge is 0.507 e. The number of carbonyl (C=O) groups is 4. The highest BCUT2D eigenvalue weighted by atomic mass is 16.5. The summed E-state index contributed by atoms with van der Waals surface area (Å²) in [6.45, 7) is 1.72. The quantitative estimate of drug-likeness (QED) is 0.182. The van der Waals surface area contributed by atoms with Crippen LogP contribution in [-0.4, -0.2) is 40.5 Å². The maximum atomic E-state index is 13.2. The maximum absolute atomic E-state index is 13.2. The molecule has 0 bridgehead atoms. The van der Waals surface area contributed by atoms with Crippen LogP contribution in [0.2, 0.25) is 0 Å². The lowest BCUT2D eigenvalue weighted by atomic mass is 9.73. The minimum Gasteiger partial charge on any atom is -0.507 e. The number of methoxy groups -OCH3 is 1. The van der Waals surface area contributed by atoms with Crippen LogP contribution in [0.3, 0.4) is 0 Å². The van der Waals surface area contributed by atoms with E-state index in [1.807, 2.05) is 97.1 Å². The highest BCUT2D eigenvalue weighted by Gasteiger charge is 2.36. The Morgan fingerprint density at radius 1 is 0.412 bits per heavy atom. The van der Waals surface area contributed by atoms with Crippen LogP contribution in [0.1, 0.15) is 91.5 Å². The van der Waals surface area contributed by atoms with Crippen LogP contribution in [0, 0.1) is 6.92 Å². The van der Waals surface area contributed by atoms with Crippen molar-refractivity contribution < 1.29 is 34.1 Å². The molecular formula is C44H28O7. The predicted octanol–water partition coefficient (Wildman–Crippen LogP) is 7.97. The average Bonchev–Trinajstić information content (AvgIpc) is 3.15. The fourth-order valence-electron chi connectivity index (χ4n) is 7.31. The van der Waals surface area contributed by atoms with Gasteiger partial charge in [0.15, 0.2) is 17.3 Å². The summed E-state index contributed by atoms with van der Waals surface area (Å²) >= 11 is 0. The maximum Gasteiger partial charge on any atom is 0.201 e. The Balaban J connectivity index is 0.000000157. The predicted molar refractivity (Wildman–Crippen MR) is 192 cm³/mol. The first-order chi connectivity index (χ1) is 24.7. The van der Waals surface area contributed by atoms with Gasteiger partial charge in [0, 0.05) is 39.4 Å². The fourth-order valence-corrected chi connectivity index (χ4v) is 7.31. The minimum atomic E-state index is -0.572. The molecule has 0 heterocycles. The molecule has 0 amide bonds. The molecule has 7 nitrogen and oxygen atoms in total. The number of aromatic hydroxyl groups is 2. The summed E-state index contributed by atoms with van der Waals surface area (Å²) in [6.07, 6.45) is 0. The van der Waals surface area contributed by atoms with Gasteiger partial charge in [0.2, 0.25) is 5.78 Å². The zero-order valence-corrected chi connectivity index (χ0v) is 27.5. The first-order valence-corrected chi connectivity index (χ1v) is 16.2. The molecule has 0 aliphatic heterocycles. The highest BCUT2D eigenvalue weighted by Crippen LogP contribution is 2.46. The fraction of sp³-hybridized carbons (Fsp3) is 0.0455. The Morgan fingerprint density at radius 3 is 1.14 bits per heavy atom. The van der Waals surface area contributed by atoms with Gasteiger partial charge in [0.05, 0.1) is 18.2 Å². The molecular weight excluding hydrogens is 640 g/mol. The summed E-state index contributed by atoms with van der Waals surface area (Å²) in [7, 11) is 1.40. The van der Waals surface area contributed by atoms with E-state index in [2.05, 4.69) is 0 Å². The summed E-state index contributed by atoms with van der Waals surface area (Å²) in [4.78, 5) is 51.4. The summed E-state index contributed by atoms with van der Waals surface area (Å²) < 4.78 is 5.01. The Labute approximate surface area is 292 Å². The van der Waals surface area contributed by atoms with Crippen LogP contribution < -0.4 is 4.74 Å². The molecule has 7 heteroatoms. The molecule has 6 aromatic rings. The average molecular weight is 669 g/mol. The number of aryl methyl sites for hydroxylation is 1. The Kier molecular flexibility index (Phi) is 7.35. The molecule has 51 heavy (non-hydrogen) atoms. The Hall–Kier alpha value is -6.86. The molecule has 3 aliphatic carbocycles. The van der Waals surface area contributed by atoms with Gasteiger partial charge in [-0.2, -0.15) is 0 Å². The third kappa shape index (κ3) is 4.82. The van der Waals surface area contributed by atoms with Gasteiger partial charge in [0.25, 0.3) is 0 Å². The van der Waals surface area contributed by atoms with E-state index in [4.69, 9.17) is 4.74 Å². The lowest BCUT2D eigenvalue weighted by molar-refractivity contribution is 0.0974. The van der Waals surface area contributed by atoms with E-state index < -0.39 is 11.6 Å². The van der Waals surface area contributed by atoms with E-state index in [1.54, 1.807) is 13.0 Å². The molecule has 0 radical (unpaired) electrons. The van der Waals surface area contributed by atoms with Crippen LogP contribution in [0.25, 0.3) is 11.1 Å². The molecule has 0 saturated heterocycles. The second-order valence-corrected chi connectivity index (χ2v) is 12.5. The molecule has 0 fully saturated rings. The monoisotopic (exact) mass is 668 g/mol. The SMILES string of the molecule is COc1cc(O)c2c(c1)C(=O)c1cc(C)cc(O)c1C2=O.O=C1c2ccccc2C(=C2c3ccccc3C(=O)c3ccccc32)c2ccccc21. The van der Waals surface area contributed by atoms with Crippen LogP contribution in [0.15, 0.2) is 121 Å². The van der Waals surface area contributed by atoms with E-state index in [0.29, 0.717) is 27.8 Å². The highest BCUT2D eigenvalue weighted by molar-refractivity contribution is 6.30. The van der Waals surface area contributed by atoms with Crippen molar-refractivity contribution in [3.8, 4) is 17.2 Å². The van der Waals surface area contributed by atoms with Gasteiger partial charge < -0.3 is 14.9 Å². The number of carbonyl (C=O) groups excluding carboxylic acids is 4. The molecule has 9 rings (SSSR count). The summed E-state index contributed by atoms with van der Waals surface area (Å²) in [5, 5.41) is 20.0. The Morgan fingerprint density at radius 2 is 0.745 bits per heavy atom. The van der Waals surface area contributed by atoms with E-state index in [0.717, 1.165) is 33.4 Å². The number of benzene rings is 6. The lowest BCUT2D eigenvalue weighted by Gasteiger charge is -2.29. The second kappa shape index (κ2) is 11.9. The summed E-state index contributed by atoms with van der Waals surface area (Å²) in [6, 6.07) is 36.7. The standard InChI is InChI=1S/C28H16O2.C16H12O5/c29-27-21-13-5-1-9-17(21)25(18-10-2-6-14-22(18)27)26-19-11-3-7-15-23(19)28(30)24-16-8-4-12-20(24)26;1-7-3-9-13(11(17)4-7)16(20)14-10(15(9)19)5-8(21-2)6-12(14)18/h1-16H;3-6,17-18H,1-2H3. The van der Waals surface area contributed by atoms with Crippen molar-refractivity contribution >= 4 is 34.3 Å². The second-order valence-electron chi connectivity index (χ2n) is 12.5. The van der Waals surface area contributed by atoms with Crippen LogP contribution in [0.4, 0.5) is 0 Å². The normalized spacial score (nSPS) is 13.5. The van der Waals surface area contributed by atoms with Gasteiger partial charge in [0.1, 0.15) is 17.2 Å². The van der Waals surface area contributed by atoms with Crippen LogP contribution in [0.5, 0.6) is 17.2 Å². The number of ether oxygens (including phenoxy) is 1. The molecule has 0 saturated carbocycles. The van der Waals surface area contributed by atoms with Crippen LogP contribution >= 0.6 is 0 Å². The van der Waals surface area contributed by atoms with Gasteiger partial charge >= 0.3 is 0 Å². The van der Waals surface area contributed by atoms with Crippen molar-refractivity contribution in [3.05, 3.63) is 194 Å². The van der Waals surface area contributed by atoms with Gasteiger partial charge in [-0.25, -0.2) is 0 Å². The van der Waals surface area contributed by atoms with Crippen molar-refractivity contribution in [1.82, 2.24) is 0 Å². The molecule has 2 N–H and O–H groups in total. The topological polar surface area (TPSA) is 118 Å². The minimum absolute atomic E-state index is 0.0407. The lowest BCUT2D eigenvalue weighted by Crippen LogP contribution is -2.21. The van der Waals surface area contributed by atoms with Crippen LogP contribution in [-0.2, 0) is 0 Å². The number of rotatable bonds is 1. The summed E-state index contributed by atoms with van der Waals surface area (Å²) in [5.41, 5.74) is 9.17. The van der Waals surface area contributed by atoms with Crippen molar-refractivity contribution in [2.45, 2.75) is 6.92 Å². The van der Waals surface area contributed by atoms with Gasteiger partial charge in [-0.3, -0.25) is 19.2 Å². The van der Waals surface area contributed by atoms with E-state index in [1.165, 1.54) is 25.3 Å². The van der Waals surface area contributed by atoms with Gasteiger partial charge in [-0.1, -0.05) is 97.1 Å². The first kappa shape index (κ1) is 31.4. The number of hydrogen-bond donors (Lipinski definition) is 2. The molecule has 3 aliphatic rings. The Bertz CT molecular complexity index is 2360. The van der Waals surface area contributed by atoms with Crippen molar-refractivity contribution in [1.29, 1.82) is 0 Å². The summed E-state index contributed by atoms with van der Waals surface area (Å²) in [5.74, 6) is -1.23.